The Balaban J connectivity index is 1.21. The fraction of sp³-hybridized carbons (Fsp3) is 0.500. The summed E-state index contributed by atoms with van der Waals surface area (Å²) in [5.74, 6) is 1.80. The monoisotopic (exact) mass is 458 g/mol. The van der Waals surface area contributed by atoms with Gasteiger partial charge in [0.25, 0.3) is 0 Å². The summed E-state index contributed by atoms with van der Waals surface area (Å²) in [5, 5.41) is 8.47. The van der Waals surface area contributed by atoms with E-state index in [9.17, 15) is 0 Å². The number of fused-ring (bicyclic) bond motifs is 3. The summed E-state index contributed by atoms with van der Waals surface area (Å²) in [7, 11) is 0. The van der Waals surface area contributed by atoms with E-state index in [1.807, 2.05) is 30.7 Å². The van der Waals surface area contributed by atoms with Gasteiger partial charge in [0.05, 0.1) is 11.7 Å². The number of aromatic nitrogens is 3. The number of nitrogens with zero attached hydrogens (tertiary/aromatic N) is 4. The number of anilines is 2. The van der Waals surface area contributed by atoms with Gasteiger partial charge in [0.15, 0.2) is 0 Å². The first-order chi connectivity index (χ1) is 16.7. The van der Waals surface area contributed by atoms with Gasteiger partial charge in [-0.15, -0.1) is 0 Å². The Bertz CT molecular complexity index is 1110. The molecule has 34 heavy (non-hydrogen) atoms. The quantitative estimate of drug-likeness (QED) is 0.445. The van der Waals surface area contributed by atoms with Crippen LogP contribution in [0.3, 0.4) is 0 Å². The summed E-state index contributed by atoms with van der Waals surface area (Å²) in [5.41, 5.74) is 8.86. The van der Waals surface area contributed by atoms with Gasteiger partial charge in [0, 0.05) is 60.8 Å². The van der Waals surface area contributed by atoms with E-state index in [1.165, 1.54) is 24.8 Å². The van der Waals surface area contributed by atoms with Crippen LogP contribution in [0.4, 0.5) is 11.6 Å². The highest BCUT2D eigenvalue weighted by Crippen LogP contribution is 2.37. The highest BCUT2D eigenvalue weighted by Gasteiger charge is 2.38. The minimum absolute atomic E-state index is 0.159. The third-order valence-corrected chi connectivity index (χ3v) is 7.57. The van der Waals surface area contributed by atoms with Crippen LogP contribution < -0.4 is 21.5 Å². The number of rotatable bonds is 6. The molecule has 8 heteroatoms. The normalized spacial score (nSPS) is 29.3. The first-order valence-electron chi connectivity index (χ1n) is 12.7. The van der Waals surface area contributed by atoms with Crippen molar-refractivity contribution in [2.75, 3.05) is 10.6 Å². The molecule has 2 bridgehead atoms. The predicted molar refractivity (Wildman–Crippen MR) is 135 cm³/mol. The molecule has 6 heterocycles. The van der Waals surface area contributed by atoms with Crippen LogP contribution in [0.15, 0.2) is 48.9 Å². The van der Waals surface area contributed by atoms with E-state index < -0.39 is 0 Å². The number of piperidine rings is 2. The van der Waals surface area contributed by atoms with Crippen LogP contribution in [0, 0.1) is 0 Å². The van der Waals surface area contributed by atoms with E-state index in [2.05, 4.69) is 61.5 Å². The summed E-state index contributed by atoms with van der Waals surface area (Å²) in [6.07, 6.45) is 13.0. The van der Waals surface area contributed by atoms with Crippen molar-refractivity contribution in [1.29, 1.82) is 0 Å². The SMILES string of the molecule is CC1CC(Nc2cc3ncccc3c(NC3C[C@H]4CCC[C@@H](C3)N4Cc3cccnc3)n2)NN1. The number of pyridine rings is 3. The largest absolute Gasteiger partial charge is 0.367 e. The van der Waals surface area contributed by atoms with Gasteiger partial charge in [-0.25, -0.2) is 10.4 Å². The first-order valence-corrected chi connectivity index (χ1v) is 12.7. The topological polar surface area (TPSA) is 90.0 Å². The van der Waals surface area contributed by atoms with Crippen LogP contribution in [-0.4, -0.2) is 50.2 Å². The van der Waals surface area contributed by atoms with Gasteiger partial charge in [0.1, 0.15) is 11.6 Å². The number of hydrazine groups is 1. The standard InChI is InChI=1S/C26H34N8/c1-17-11-25(33-32-17)30-24-14-23-22(8-4-10-28-23)26(31-24)29-19-12-20-6-2-7-21(13-19)34(20)16-18-5-3-9-27-15-18/h3-5,8-10,14-15,17,19-21,25,32-33H,2,6-7,11-13,16H2,1H3,(H2,29,30,31)/t17?,19?,20-,21+,25?. The van der Waals surface area contributed by atoms with Crippen molar-refractivity contribution in [1.82, 2.24) is 30.7 Å². The zero-order chi connectivity index (χ0) is 22.9. The van der Waals surface area contributed by atoms with Crippen LogP contribution in [0.5, 0.6) is 0 Å². The van der Waals surface area contributed by atoms with Crippen LogP contribution in [0.25, 0.3) is 10.9 Å². The lowest BCUT2D eigenvalue weighted by atomic mass is 9.81. The first kappa shape index (κ1) is 21.7. The average molecular weight is 459 g/mol. The Morgan fingerprint density at radius 1 is 1.03 bits per heavy atom. The molecule has 5 atom stereocenters. The summed E-state index contributed by atoms with van der Waals surface area (Å²) >= 11 is 0. The van der Waals surface area contributed by atoms with Gasteiger partial charge in [-0.3, -0.25) is 20.3 Å². The van der Waals surface area contributed by atoms with E-state index in [4.69, 9.17) is 4.98 Å². The lowest BCUT2D eigenvalue weighted by molar-refractivity contribution is 0.0276. The molecule has 6 rings (SSSR count). The molecular formula is C26H34N8. The average Bonchev–Trinajstić information content (AvgIpc) is 3.24. The third-order valence-electron chi connectivity index (χ3n) is 7.57. The minimum Gasteiger partial charge on any atom is -0.367 e. The van der Waals surface area contributed by atoms with Crippen molar-refractivity contribution in [2.45, 2.75) is 82.3 Å². The molecule has 0 saturated carbocycles. The molecule has 3 saturated heterocycles. The van der Waals surface area contributed by atoms with Gasteiger partial charge >= 0.3 is 0 Å². The second-order valence-corrected chi connectivity index (χ2v) is 10.1. The van der Waals surface area contributed by atoms with Gasteiger partial charge < -0.3 is 10.6 Å². The molecule has 8 nitrogen and oxygen atoms in total. The molecular weight excluding hydrogens is 424 g/mol. The summed E-state index contributed by atoms with van der Waals surface area (Å²) < 4.78 is 0. The van der Waals surface area contributed by atoms with Crippen LogP contribution in [0.1, 0.15) is 51.0 Å². The maximum Gasteiger partial charge on any atom is 0.138 e. The zero-order valence-corrected chi connectivity index (χ0v) is 19.7. The van der Waals surface area contributed by atoms with Gasteiger partial charge in [-0.05, 0) is 62.8 Å². The fourth-order valence-corrected chi connectivity index (χ4v) is 6.00. The molecule has 0 radical (unpaired) electrons. The molecule has 3 fully saturated rings. The maximum atomic E-state index is 5.01. The second-order valence-electron chi connectivity index (χ2n) is 10.1. The number of hydrogen-bond acceptors (Lipinski definition) is 8. The highest BCUT2D eigenvalue weighted by atomic mass is 15.5. The lowest BCUT2D eigenvalue weighted by Gasteiger charge is -2.49. The molecule has 3 aliphatic heterocycles. The second kappa shape index (κ2) is 9.44. The van der Waals surface area contributed by atoms with Crippen molar-refractivity contribution >= 4 is 22.5 Å². The van der Waals surface area contributed by atoms with Crippen molar-refractivity contribution in [2.24, 2.45) is 0 Å². The van der Waals surface area contributed by atoms with Crippen molar-refractivity contribution in [3.8, 4) is 0 Å². The maximum absolute atomic E-state index is 5.01. The van der Waals surface area contributed by atoms with Crippen LogP contribution in [-0.2, 0) is 6.54 Å². The van der Waals surface area contributed by atoms with Crippen molar-refractivity contribution in [3.63, 3.8) is 0 Å². The Morgan fingerprint density at radius 3 is 2.65 bits per heavy atom. The molecule has 3 aliphatic rings. The predicted octanol–water partition coefficient (Wildman–Crippen LogP) is 3.65. The molecule has 178 valence electrons. The molecule has 0 aromatic carbocycles. The molecule has 0 amide bonds. The van der Waals surface area contributed by atoms with Gasteiger partial charge in [-0.2, -0.15) is 0 Å². The molecule has 3 aromatic rings. The van der Waals surface area contributed by atoms with Crippen molar-refractivity contribution < 1.29 is 0 Å². The Hall–Kier alpha value is -2.81. The fourth-order valence-electron chi connectivity index (χ4n) is 6.00. The smallest absolute Gasteiger partial charge is 0.138 e. The third kappa shape index (κ3) is 4.58. The van der Waals surface area contributed by atoms with E-state index in [0.717, 1.165) is 48.3 Å². The molecule has 3 aromatic heterocycles. The lowest BCUT2D eigenvalue weighted by Crippen LogP contribution is -2.54. The Kier molecular flexibility index (Phi) is 6.03. The zero-order valence-electron chi connectivity index (χ0n) is 19.7. The Morgan fingerprint density at radius 2 is 1.88 bits per heavy atom. The van der Waals surface area contributed by atoms with Gasteiger partial charge in [-0.1, -0.05) is 12.5 Å². The summed E-state index contributed by atoms with van der Waals surface area (Å²) in [6.45, 7) is 3.18. The van der Waals surface area contributed by atoms with Crippen LogP contribution >= 0.6 is 0 Å². The molecule has 4 N–H and O–H groups in total. The molecule has 0 spiro atoms. The molecule has 3 unspecified atom stereocenters. The molecule has 0 aliphatic carbocycles. The summed E-state index contributed by atoms with van der Waals surface area (Å²) in [4.78, 5) is 16.7. The van der Waals surface area contributed by atoms with Crippen molar-refractivity contribution in [3.05, 3.63) is 54.5 Å². The van der Waals surface area contributed by atoms with Crippen LogP contribution in [0.2, 0.25) is 0 Å². The van der Waals surface area contributed by atoms with Gasteiger partial charge in [0.2, 0.25) is 0 Å². The summed E-state index contributed by atoms with van der Waals surface area (Å²) in [6, 6.07) is 12.5. The highest BCUT2D eigenvalue weighted by molar-refractivity contribution is 5.91. The number of hydrogen-bond donors (Lipinski definition) is 4. The van der Waals surface area contributed by atoms with E-state index in [-0.39, 0.29) is 6.17 Å². The van der Waals surface area contributed by atoms with E-state index >= 15 is 0 Å². The van der Waals surface area contributed by atoms with E-state index in [1.54, 1.807) is 0 Å². The number of nitrogens with one attached hydrogen (secondary N) is 4. The Labute approximate surface area is 200 Å². The minimum atomic E-state index is 0.159. The van der Waals surface area contributed by atoms with E-state index in [0.29, 0.717) is 24.2 Å².